The van der Waals surface area contributed by atoms with Gasteiger partial charge in [-0.1, -0.05) is 6.07 Å². The number of carbonyl (C=O) groups excluding carboxylic acids is 3. The minimum Gasteiger partial charge on any atom is -0.378 e. The van der Waals surface area contributed by atoms with Gasteiger partial charge in [-0.2, -0.15) is 0 Å². The molecule has 7 nitrogen and oxygen atoms in total. The van der Waals surface area contributed by atoms with Crippen molar-refractivity contribution in [2.75, 3.05) is 50.8 Å². The van der Waals surface area contributed by atoms with E-state index in [4.69, 9.17) is 4.74 Å². The van der Waals surface area contributed by atoms with Crippen molar-refractivity contribution in [1.82, 2.24) is 9.80 Å². The summed E-state index contributed by atoms with van der Waals surface area (Å²) in [4.78, 5) is 43.1. The molecular formula is C22H27N3O4S. The Morgan fingerprint density at radius 3 is 2.53 bits per heavy atom. The standard InChI is InChI=1S/C22H27N3O4S/c1-16-13-17(5-6-18(16)23-9-11-29-12-10-23)14-19-21(27)25(22(28)30-19)15-20(26)24-7-3-2-4-8-24/h5-6,13-14H,2-4,7-12,15H2,1H3. The van der Waals surface area contributed by atoms with Crippen LogP contribution in [0.3, 0.4) is 0 Å². The van der Waals surface area contributed by atoms with Crippen molar-refractivity contribution in [3.8, 4) is 0 Å². The van der Waals surface area contributed by atoms with Crippen molar-refractivity contribution in [2.24, 2.45) is 0 Å². The summed E-state index contributed by atoms with van der Waals surface area (Å²) in [7, 11) is 0. The highest BCUT2D eigenvalue weighted by atomic mass is 32.2. The Balaban J connectivity index is 1.45. The predicted molar refractivity (Wildman–Crippen MR) is 117 cm³/mol. The van der Waals surface area contributed by atoms with E-state index < -0.39 is 0 Å². The van der Waals surface area contributed by atoms with Crippen LogP contribution < -0.4 is 4.90 Å². The highest BCUT2D eigenvalue weighted by Crippen LogP contribution is 2.33. The lowest BCUT2D eigenvalue weighted by Crippen LogP contribution is -2.44. The average molecular weight is 430 g/mol. The van der Waals surface area contributed by atoms with Gasteiger partial charge >= 0.3 is 0 Å². The molecule has 0 atom stereocenters. The molecule has 0 saturated carbocycles. The van der Waals surface area contributed by atoms with Crippen LogP contribution >= 0.6 is 11.8 Å². The molecule has 3 aliphatic rings. The lowest BCUT2D eigenvalue weighted by atomic mass is 10.1. The second-order valence-corrected chi connectivity index (χ2v) is 8.85. The van der Waals surface area contributed by atoms with Crippen LogP contribution in [-0.4, -0.2) is 72.8 Å². The third-order valence-corrected chi connectivity index (χ3v) is 6.65. The highest BCUT2D eigenvalue weighted by Gasteiger charge is 2.37. The first-order valence-electron chi connectivity index (χ1n) is 10.5. The van der Waals surface area contributed by atoms with Gasteiger partial charge in [-0.05, 0) is 67.3 Å². The summed E-state index contributed by atoms with van der Waals surface area (Å²) in [5.74, 6) is -0.533. The quantitative estimate of drug-likeness (QED) is 0.686. The molecule has 30 heavy (non-hydrogen) atoms. The number of likely N-dealkylation sites (tertiary alicyclic amines) is 1. The van der Waals surface area contributed by atoms with E-state index in [9.17, 15) is 14.4 Å². The fourth-order valence-corrected chi connectivity index (χ4v) is 4.93. The minimum absolute atomic E-state index is 0.149. The molecule has 0 aromatic heterocycles. The Morgan fingerprint density at radius 2 is 1.83 bits per heavy atom. The smallest absolute Gasteiger partial charge is 0.294 e. The Labute approximate surface area is 181 Å². The molecule has 160 valence electrons. The summed E-state index contributed by atoms with van der Waals surface area (Å²) in [6.07, 6.45) is 4.82. The van der Waals surface area contributed by atoms with Crippen molar-refractivity contribution < 1.29 is 19.1 Å². The summed E-state index contributed by atoms with van der Waals surface area (Å²) < 4.78 is 5.42. The molecule has 3 amide bonds. The lowest BCUT2D eigenvalue weighted by Gasteiger charge is -2.30. The average Bonchev–Trinajstić information content (AvgIpc) is 3.02. The number of imide groups is 1. The van der Waals surface area contributed by atoms with Crippen molar-refractivity contribution in [3.05, 3.63) is 34.2 Å². The maximum atomic E-state index is 12.8. The number of amides is 3. The first-order valence-corrected chi connectivity index (χ1v) is 11.3. The molecule has 0 unspecified atom stereocenters. The Kier molecular flexibility index (Phi) is 6.43. The minimum atomic E-state index is -0.384. The SMILES string of the molecule is Cc1cc(C=C2SC(=O)N(CC(=O)N3CCCCC3)C2=O)ccc1N1CCOCC1. The second-order valence-electron chi connectivity index (χ2n) is 7.85. The van der Waals surface area contributed by atoms with Crippen LogP contribution in [0.4, 0.5) is 10.5 Å². The third kappa shape index (κ3) is 4.54. The van der Waals surface area contributed by atoms with Crippen molar-refractivity contribution in [1.29, 1.82) is 0 Å². The topological polar surface area (TPSA) is 70.2 Å². The Morgan fingerprint density at radius 1 is 1.10 bits per heavy atom. The Bertz CT molecular complexity index is 873. The first kappa shape index (κ1) is 20.9. The number of benzene rings is 1. The molecule has 3 fully saturated rings. The van der Waals surface area contributed by atoms with Gasteiger partial charge in [-0.25, -0.2) is 0 Å². The van der Waals surface area contributed by atoms with Crippen LogP contribution in [0.25, 0.3) is 6.08 Å². The van der Waals surface area contributed by atoms with E-state index >= 15 is 0 Å². The highest BCUT2D eigenvalue weighted by molar-refractivity contribution is 8.18. The van der Waals surface area contributed by atoms with Gasteiger partial charge in [0.25, 0.3) is 11.1 Å². The molecule has 4 rings (SSSR count). The number of aryl methyl sites for hydroxylation is 1. The predicted octanol–water partition coefficient (Wildman–Crippen LogP) is 2.88. The molecule has 0 N–H and O–H groups in total. The maximum absolute atomic E-state index is 12.8. The van der Waals surface area contributed by atoms with E-state index in [2.05, 4.69) is 11.0 Å². The first-order chi connectivity index (χ1) is 14.5. The number of ether oxygens (including phenoxy) is 1. The van der Waals surface area contributed by atoms with Gasteiger partial charge in [0.15, 0.2) is 0 Å². The zero-order chi connectivity index (χ0) is 21.1. The monoisotopic (exact) mass is 429 g/mol. The fourth-order valence-electron chi connectivity index (χ4n) is 4.09. The van der Waals surface area contributed by atoms with Gasteiger partial charge in [0.2, 0.25) is 5.91 Å². The summed E-state index contributed by atoms with van der Waals surface area (Å²) >= 11 is 0.904. The van der Waals surface area contributed by atoms with Crippen LogP contribution in [0.5, 0.6) is 0 Å². The maximum Gasteiger partial charge on any atom is 0.294 e. The van der Waals surface area contributed by atoms with Crippen LogP contribution in [0.1, 0.15) is 30.4 Å². The number of carbonyl (C=O) groups is 3. The molecule has 0 radical (unpaired) electrons. The number of anilines is 1. The van der Waals surface area contributed by atoms with Crippen LogP contribution in [0.2, 0.25) is 0 Å². The van der Waals surface area contributed by atoms with E-state index in [1.807, 2.05) is 19.1 Å². The Hall–Kier alpha value is -2.32. The molecule has 0 spiro atoms. The summed E-state index contributed by atoms with van der Waals surface area (Å²) in [5, 5.41) is -0.377. The van der Waals surface area contributed by atoms with E-state index in [0.29, 0.717) is 18.0 Å². The molecule has 8 heteroatoms. The zero-order valence-electron chi connectivity index (χ0n) is 17.3. The summed E-state index contributed by atoms with van der Waals surface area (Å²) in [6.45, 7) is 6.48. The third-order valence-electron chi connectivity index (χ3n) is 5.75. The molecule has 1 aromatic carbocycles. The van der Waals surface area contributed by atoms with Gasteiger partial charge in [-0.15, -0.1) is 0 Å². The molecular weight excluding hydrogens is 402 g/mol. The van der Waals surface area contributed by atoms with Crippen molar-refractivity contribution in [3.63, 3.8) is 0 Å². The number of morpholine rings is 1. The molecule has 0 bridgehead atoms. The number of nitrogens with zero attached hydrogens (tertiary/aromatic N) is 3. The fraction of sp³-hybridized carbons (Fsp3) is 0.500. The zero-order valence-corrected chi connectivity index (χ0v) is 18.1. The van der Waals surface area contributed by atoms with E-state index in [1.54, 1.807) is 11.0 Å². The molecule has 3 saturated heterocycles. The van der Waals surface area contributed by atoms with Gasteiger partial charge in [0.1, 0.15) is 6.54 Å². The van der Waals surface area contributed by atoms with Crippen molar-refractivity contribution >= 4 is 40.6 Å². The summed E-state index contributed by atoms with van der Waals surface area (Å²) in [6, 6.07) is 6.04. The molecule has 0 aliphatic carbocycles. The molecule has 3 aliphatic heterocycles. The van der Waals surface area contributed by atoms with Gasteiger partial charge in [-0.3, -0.25) is 19.3 Å². The lowest BCUT2D eigenvalue weighted by molar-refractivity contribution is -0.136. The van der Waals surface area contributed by atoms with Crippen molar-refractivity contribution in [2.45, 2.75) is 26.2 Å². The number of rotatable bonds is 4. The molecule has 3 heterocycles. The van der Waals surface area contributed by atoms with Gasteiger partial charge in [0.05, 0.1) is 18.1 Å². The normalized spacial score (nSPS) is 21.6. The number of hydrogen-bond acceptors (Lipinski definition) is 6. The number of hydrogen-bond donors (Lipinski definition) is 0. The van der Waals surface area contributed by atoms with Gasteiger partial charge < -0.3 is 14.5 Å². The van der Waals surface area contributed by atoms with E-state index in [0.717, 1.165) is 79.0 Å². The van der Waals surface area contributed by atoms with E-state index in [-0.39, 0.29) is 23.6 Å². The summed E-state index contributed by atoms with van der Waals surface area (Å²) in [5.41, 5.74) is 3.15. The number of piperidine rings is 1. The second kappa shape index (κ2) is 9.22. The van der Waals surface area contributed by atoms with Crippen LogP contribution in [-0.2, 0) is 14.3 Å². The van der Waals surface area contributed by atoms with Gasteiger partial charge in [0, 0.05) is 31.9 Å². The van der Waals surface area contributed by atoms with Crippen LogP contribution in [0.15, 0.2) is 23.1 Å². The van der Waals surface area contributed by atoms with E-state index in [1.165, 1.54) is 0 Å². The largest absolute Gasteiger partial charge is 0.378 e. The van der Waals surface area contributed by atoms with Crippen LogP contribution in [0, 0.1) is 6.92 Å². The number of thioether (sulfide) groups is 1. The molecule has 1 aromatic rings.